The van der Waals surface area contributed by atoms with Crippen molar-refractivity contribution < 1.29 is 42.5 Å². The summed E-state index contributed by atoms with van der Waals surface area (Å²) in [5.41, 5.74) is 2.52. The molecule has 1 saturated carbocycles. The van der Waals surface area contributed by atoms with Crippen LogP contribution in [-0.2, 0) is 16.1 Å². The quantitative estimate of drug-likeness (QED) is 0.110. The molecule has 0 bridgehead atoms. The minimum absolute atomic E-state index is 0.0668. The van der Waals surface area contributed by atoms with Crippen LogP contribution >= 0.6 is 11.6 Å². The van der Waals surface area contributed by atoms with E-state index in [4.69, 9.17) is 25.8 Å². The number of nitrogens with zero attached hydrogens (tertiary/aromatic N) is 7. The molecule has 1 fully saturated rings. The number of hydrogen-bond donors (Lipinski definition) is 1. The van der Waals surface area contributed by atoms with Gasteiger partial charge in [0.2, 0.25) is 0 Å². The molecule has 3 aromatic carbocycles. The number of hydrogen-bond acceptors (Lipinski definition) is 11. The number of fused-ring (bicyclic) bond motifs is 2. The lowest BCUT2D eigenvalue weighted by molar-refractivity contribution is -0.138. The van der Waals surface area contributed by atoms with Crippen molar-refractivity contribution in [2.24, 2.45) is 5.92 Å². The first-order chi connectivity index (χ1) is 29.6. The highest BCUT2D eigenvalue weighted by atomic mass is 35.5. The molecule has 0 spiro atoms. The SMILES string of the molecule is COc1cc(-n2ncc3c(-c4cccc(N(C(=O)OC(C)(C)C)c5nc(C(F)F)nc6cc(CN(C)C7CCC(CC(=O)O)CC7)cnc56)c4Cl)cccc32)cc(OC)c1C=O. The molecular formula is C45H46ClF2N7O7. The second-order valence-corrected chi connectivity index (χ2v) is 16.6. The number of rotatable bonds is 13. The number of carbonyl (C=O) groups excluding carboxylic acids is 2. The number of aromatic nitrogens is 5. The molecule has 62 heavy (non-hydrogen) atoms. The first-order valence-electron chi connectivity index (χ1n) is 20.0. The molecule has 1 aliphatic rings. The fourth-order valence-electron chi connectivity index (χ4n) is 8.02. The Hall–Kier alpha value is -6.26. The van der Waals surface area contributed by atoms with Crippen LogP contribution in [0.15, 0.2) is 67.0 Å². The van der Waals surface area contributed by atoms with E-state index < -0.39 is 29.9 Å². The van der Waals surface area contributed by atoms with Crippen molar-refractivity contribution in [3.8, 4) is 28.3 Å². The van der Waals surface area contributed by atoms with E-state index in [9.17, 15) is 28.3 Å². The second kappa shape index (κ2) is 18.0. The van der Waals surface area contributed by atoms with Gasteiger partial charge >= 0.3 is 12.1 Å². The summed E-state index contributed by atoms with van der Waals surface area (Å²) in [6.07, 6.45) is 3.31. The highest BCUT2D eigenvalue weighted by Gasteiger charge is 2.33. The van der Waals surface area contributed by atoms with Crippen molar-refractivity contribution in [1.29, 1.82) is 0 Å². The van der Waals surface area contributed by atoms with Gasteiger partial charge in [-0.05, 0) is 88.7 Å². The van der Waals surface area contributed by atoms with Gasteiger partial charge in [0.15, 0.2) is 17.9 Å². The Morgan fingerprint density at radius 1 is 0.984 bits per heavy atom. The van der Waals surface area contributed by atoms with E-state index in [0.29, 0.717) is 57.6 Å². The first kappa shape index (κ1) is 43.8. The summed E-state index contributed by atoms with van der Waals surface area (Å²) < 4.78 is 47.8. The van der Waals surface area contributed by atoms with Gasteiger partial charge in [-0.1, -0.05) is 35.9 Å². The third-order valence-corrected chi connectivity index (χ3v) is 11.3. The number of carbonyl (C=O) groups is 3. The summed E-state index contributed by atoms with van der Waals surface area (Å²) in [6, 6.07) is 15.7. The monoisotopic (exact) mass is 869 g/mol. The number of carboxylic acids is 1. The molecule has 1 aliphatic carbocycles. The van der Waals surface area contributed by atoms with Gasteiger partial charge in [-0.15, -0.1) is 0 Å². The molecule has 0 atom stereocenters. The number of pyridine rings is 1. The topological polar surface area (TPSA) is 162 Å². The van der Waals surface area contributed by atoms with E-state index in [1.807, 2.05) is 25.2 Å². The van der Waals surface area contributed by atoms with Crippen LogP contribution in [-0.4, -0.2) is 86.0 Å². The first-order valence-corrected chi connectivity index (χ1v) is 20.4. The minimum atomic E-state index is -3.10. The lowest BCUT2D eigenvalue weighted by atomic mass is 9.83. The van der Waals surface area contributed by atoms with Crippen molar-refractivity contribution in [2.45, 2.75) is 77.5 Å². The number of carboxylic acid groups (broad SMARTS) is 1. The zero-order valence-electron chi connectivity index (χ0n) is 35.1. The lowest BCUT2D eigenvalue weighted by Gasteiger charge is -2.34. The maximum Gasteiger partial charge on any atom is 0.420 e. The molecule has 0 saturated heterocycles. The zero-order valence-corrected chi connectivity index (χ0v) is 35.8. The van der Waals surface area contributed by atoms with Crippen LogP contribution in [0.1, 0.15) is 81.0 Å². The number of aldehydes is 1. The third kappa shape index (κ3) is 9.02. The van der Waals surface area contributed by atoms with Crippen LogP contribution in [0.2, 0.25) is 5.02 Å². The molecule has 3 heterocycles. The van der Waals surface area contributed by atoms with Gasteiger partial charge in [-0.25, -0.2) is 33.1 Å². The highest BCUT2D eigenvalue weighted by molar-refractivity contribution is 6.37. The Labute approximate surface area is 361 Å². The van der Waals surface area contributed by atoms with Crippen LogP contribution in [0.3, 0.4) is 0 Å². The minimum Gasteiger partial charge on any atom is -0.496 e. The molecule has 14 nitrogen and oxygen atoms in total. The van der Waals surface area contributed by atoms with Crippen LogP contribution in [0.5, 0.6) is 11.5 Å². The van der Waals surface area contributed by atoms with Crippen LogP contribution in [0.4, 0.5) is 25.1 Å². The third-order valence-electron chi connectivity index (χ3n) is 10.9. The molecule has 7 rings (SSSR count). The summed E-state index contributed by atoms with van der Waals surface area (Å²) in [6.45, 7) is 5.47. The number of benzene rings is 3. The summed E-state index contributed by atoms with van der Waals surface area (Å²) in [4.78, 5) is 53.7. The van der Waals surface area contributed by atoms with E-state index in [0.717, 1.165) is 30.6 Å². The molecule has 0 aliphatic heterocycles. The average molecular weight is 870 g/mol. The lowest BCUT2D eigenvalue weighted by Crippen LogP contribution is -2.35. The smallest absolute Gasteiger partial charge is 0.420 e. The predicted octanol–water partition coefficient (Wildman–Crippen LogP) is 9.99. The summed E-state index contributed by atoms with van der Waals surface area (Å²) >= 11 is 7.29. The summed E-state index contributed by atoms with van der Waals surface area (Å²) in [7, 11) is 4.87. The van der Waals surface area contributed by atoms with E-state index in [-0.39, 0.29) is 51.5 Å². The van der Waals surface area contributed by atoms with Gasteiger partial charge in [0.05, 0.1) is 53.4 Å². The van der Waals surface area contributed by atoms with Crippen molar-refractivity contribution in [2.75, 3.05) is 26.2 Å². The van der Waals surface area contributed by atoms with E-state index >= 15 is 0 Å². The summed E-state index contributed by atoms with van der Waals surface area (Å²) in [5.74, 6) is -1.12. The molecule has 1 amide bonds. The molecule has 1 N–H and O–H groups in total. The maximum absolute atomic E-state index is 14.6. The molecule has 0 unspecified atom stereocenters. The Balaban J connectivity index is 1.31. The number of methoxy groups -OCH3 is 2. The number of ether oxygens (including phenoxy) is 3. The van der Waals surface area contributed by atoms with Gasteiger partial charge in [-0.3, -0.25) is 19.5 Å². The fraction of sp³-hybridized carbons (Fsp3) is 0.356. The van der Waals surface area contributed by atoms with Crippen LogP contribution < -0.4 is 14.4 Å². The van der Waals surface area contributed by atoms with E-state index in [1.54, 1.807) is 74.2 Å². The van der Waals surface area contributed by atoms with Gasteiger partial charge in [0.25, 0.3) is 6.43 Å². The Morgan fingerprint density at radius 3 is 2.29 bits per heavy atom. The summed E-state index contributed by atoms with van der Waals surface area (Å²) in [5, 5.41) is 14.6. The molecule has 17 heteroatoms. The largest absolute Gasteiger partial charge is 0.496 e. The zero-order chi connectivity index (χ0) is 44.5. The number of amides is 1. The Bertz CT molecular complexity index is 2640. The van der Waals surface area contributed by atoms with Crippen LogP contribution in [0.25, 0.3) is 38.8 Å². The molecule has 3 aromatic heterocycles. The van der Waals surface area contributed by atoms with Crippen molar-refractivity contribution in [1.82, 2.24) is 29.6 Å². The van der Waals surface area contributed by atoms with Gasteiger partial charge in [-0.2, -0.15) is 5.10 Å². The normalized spacial score (nSPS) is 15.6. The Kier molecular flexibility index (Phi) is 12.7. The number of halogens is 3. The molecular weight excluding hydrogens is 824 g/mol. The number of aliphatic carboxylic acids is 1. The predicted molar refractivity (Wildman–Crippen MR) is 230 cm³/mol. The average Bonchev–Trinajstić information content (AvgIpc) is 3.67. The fourth-order valence-corrected chi connectivity index (χ4v) is 8.33. The van der Waals surface area contributed by atoms with Crippen molar-refractivity contribution >= 4 is 63.4 Å². The molecule has 6 aromatic rings. The Morgan fingerprint density at radius 2 is 1.66 bits per heavy atom. The van der Waals surface area contributed by atoms with Gasteiger partial charge in [0.1, 0.15) is 22.6 Å². The van der Waals surface area contributed by atoms with E-state index in [1.165, 1.54) is 14.2 Å². The number of anilines is 2. The van der Waals surface area contributed by atoms with Crippen molar-refractivity contribution in [3.05, 3.63) is 89.0 Å². The molecule has 0 radical (unpaired) electrons. The standard InChI is InChI=1S/C45H46ClF2N7O7/c1-45(2,3)62-44(59)54(43-40-33(51-42(52-43)41(47)48)17-26(21-49-40)23-53(4)27-15-13-25(14-16-27)18-38(57)58)35-12-8-10-30(39(35)46)29-9-7-11-34-31(29)22-50-55(34)28-19-36(60-5)32(24-56)37(20-28)61-6/h7-12,17,19-22,24-25,27,41H,13-16,18,23H2,1-6H3,(H,57,58). The molecule has 324 valence electrons. The van der Waals surface area contributed by atoms with E-state index in [2.05, 4.69) is 25.0 Å². The second-order valence-electron chi connectivity index (χ2n) is 16.2. The van der Waals surface area contributed by atoms with Gasteiger partial charge in [0, 0.05) is 48.3 Å². The van der Waals surface area contributed by atoms with Crippen molar-refractivity contribution in [3.63, 3.8) is 0 Å². The van der Waals surface area contributed by atoms with Gasteiger partial charge < -0.3 is 19.3 Å². The highest BCUT2D eigenvalue weighted by Crippen LogP contribution is 2.43. The van der Waals surface area contributed by atoms with Crippen LogP contribution in [0, 0.1) is 5.92 Å². The maximum atomic E-state index is 14.6. The number of alkyl halides is 2.